The summed E-state index contributed by atoms with van der Waals surface area (Å²) in [6, 6.07) is 13.2. The van der Waals surface area contributed by atoms with Crippen molar-refractivity contribution in [3.05, 3.63) is 65.7 Å². The summed E-state index contributed by atoms with van der Waals surface area (Å²) in [4.78, 5) is 19.7. The van der Waals surface area contributed by atoms with Crippen LogP contribution in [0.3, 0.4) is 0 Å². The topological polar surface area (TPSA) is 53.9 Å². The van der Waals surface area contributed by atoms with Crippen LogP contribution in [-0.4, -0.2) is 41.8 Å². The van der Waals surface area contributed by atoms with Crippen molar-refractivity contribution >= 4 is 17.3 Å². The van der Waals surface area contributed by atoms with E-state index in [9.17, 15) is 13.6 Å². The number of hydrogen-bond acceptors (Lipinski definition) is 4. The second kappa shape index (κ2) is 7.34. The zero-order valence-corrected chi connectivity index (χ0v) is 14.6. The zero-order chi connectivity index (χ0) is 18.8. The van der Waals surface area contributed by atoms with E-state index in [0.29, 0.717) is 13.1 Å². The average Bonchev–Trinajstić information content (AvgIpc) is 3.34. The molecule has 0 spiro atoms. The molecule has 0 saturated carbocycles. The first-order valence-corrected chi connectivity index (χ1v) is 8.88. The Labute approximate surface area is 155 Å². The van der Waals surface area contributed by atoms with Crippen LogP contribution in [0.5, 0.6) is 0 Å². The fourth-order valence-corrected chi connectivity index (χ4v) is 3.44. The van der Waals surface area contributed by atoms with Gasteiger partial charge in [0.2, 0.25) is 6.10 Å². The highest BCUT2D eigenvalue weighted by Crippen LogP contribution is 2.23. The highest BCUT2D eigenvalue weighted by Gasteiger charge is 2.36. The fourth-order valence-electron chi connectivity index (χ4n) is 3.44. The highest BCUT2D eigenvalue weighted by atomic mass is 19.1. The van der Waals surface area contributed by atoms with E-state index in [1.165, 1.54) is 0 Å². The lowest BCUT2D eigenvalue weighted by molar-refractivity contribution is -0.140. The standard InChI is InChI=1S/C20H19F2N3O2/c21-13-6-7-17(22)16(10-13)18-11-19(27-24-18)20(26)25-9-8-15(12-25)23-14-4-2-1-3-5-14/h1-7,10,15,19,23H,8-9,11-12H2/t15-,19+/m1/s1. The lowest BCUT2D eigenvalue weighted by Crippen LogP contribution is -2.39. The summed E-state index contributed by atoms with van der Waals surface area (Å²) in [5, 5.41) is 7.23. The van der Waals surface area contributed by atoms with E-state index in [1.54, 1.807) is 4.90 Å². The second-order valence-corrected chi connectivity index (χ2v) is 6.74. The van der Waals surface area contributed by atoms with Crippen molar-refractivity contribution in [2.24, 2.45) is 5.16 Å². The third-order valence-corrected chi connectivity index (χ3v) is 4.83. The number of likely N-dealkylation sites (tertiary alicyclic amines) is 1. The van der Waals surface area contributed by atoms with Crippen LogP contribution in [0, 0.1) is 11.6 Å². The summed E-state index contributed by atoms with van der Waals surface area (Å²) in [6.45, 7) is 1.18. The Morgan fingerprint density at radius 1 is 1.19 bits per heavy atom. The summed E-state index contributed by atoms with van der Waals surface area (Å²) in [6.07, 6.45) is 0.171. The Kier molecular flexibility index (Phi) is 4.75. The monoisotopic (exact) mass is 371 g/mol. The minimum Gasteiger partial charge on any atom is -0.382 e. The first-order chi connectivity index (χ1) is 13.1. The average molecular weight is 371 g/mol. The molecule has 1 fully saturated rings. The number of anilines is 1. The Bertz CT molecular complexity index is 873. The van der Waals surface area contributed by atoms with Gasteiger partial charge in [-0.15, -0.1) is 0 Å². The zero-order valence-electron chi connectivity index (χ0n) is 14.6. The molecule has 27 heavy (non-hydrogen) atoms. The van der Waals surface area contributed by atoms with Gasteiger partial charge >= 0.3 is 0 Å². The van der Waals surface area contributed by atoms with Crippen molar-refractivity contribution in [3.63, 3.8) is 0 Å². The normalized spacial score (nSPS) is 21.7. The smallest absolute Gasteiger partial charge is 0.266 e. The minimum absolute atomic E-state index is 0.0374. The number of carbonyl (C=O) groups is 1. The second-order valence-electron chi connectivity index (χ2n) is 6.74. The Morgan fingerprint density at radius 2 is 2.00 bits per heavy atom. The van der Waals surface area contributed by atoms with Crippen LogP contribution in [0.15, 0.2) is 53.7 Å². The molecular formula is C20H19F2N3O2. The Hall–Kier alpha value is -2.96. The summed E-state index contributed by atoms with van der Waals surface area (Å²) < 4.78 is 27.3. The van der Waals surface area contributed by atoms with Crippen LogP contribution in [0.1, 0.15) is 18.4 Å². The number of rotatable bonds is 4. The number of oxime groups is 1. The van der Waals surface area contributed by atoms with E-state index in [-0.39, 0.29) is 29.6 Å². The molecule has 2 aromatic carbocycles. The van der Waals surface area contributed by atoms with Crippen molar-refractivity contribution in [2.45, 2.75) is 25.0 Å². The van der Waals surface area contributed by atoms with E-state index >= 15 is 0 Å². The molecule has 1 N–H and O–H groups in total. The predicted octanol–water partition coefficient (Wildman–Crippen LogP) is 3.17. The summed E-state index contributed by atoms with van der Waals surface area (Å²) in [5.74, 6) is -1.32. The van der Waals surface area contributed by atoms with E-state index in [0.717, 1.165) is 30.3 Å². The molecule has 1 saturated heterocycles. The van der Waals surface area contributed by atoms with Crippen molar-refractivity contribution in [1.29, 1.82) is 0 Å². The largest absolute Gasteiger partial charge is 0.382 e. The van der Waals surface area contributed by atoms with Crippen LogP contribution in [0.25, 0.3) is 0 Å². The molecule has 2 aliphatic rings. The summed E-state index contributed by atoms with van der Waals surface area (Å²) in [5.41, 5.74) is 1.31. The number of carbonyl (C=O) groups excluding carboxylic acids is 1. The van der Waals surface area contributed by atoms with E-state index in [1.807, 2.05) is 30.3 Å². The van der Waals surface area contributed by atoms with Crippen LogP contribution in [-0.2, 0) is 9.63 Å². The maximum absolute atomic E-state index is 13.9. The molecule has 0 aromatic heterocycles. The molecule has 140 valence electrons. The number of nitrogens with one attached hydrogen (secondary N) is 1. The number of benzene rings is 2. The summed E-state index contributed by atoms with van der Waals surface area (Å²) in [7, 11) is 0. The van der Waals surface area contributed by atoms with Gasteiger partial charge in [0.25, 0.3) is 5.91 Å². The van der Waals surface area contributed by atoms with E-state index in [2.05, 4.69) is 10.5 Å². The quantitative estimate of drug-likeness (QED) is 0.898. The van der Waals surface area contributed by atoms with Gasteiger partial charge < -0.3 is 15.1 Å². The molecule has 7 heteroatoms. The van der Waals surface area contributed by atoms with Crippen LogP contribution >= 0.6 is 0 Å². The molecule has 0 radical (unpaired) electrons. The molecule has 2 heterocycles. The van der Waals surface area contributed by atoms with Gasteiger partial charge in [0.15, 0.2) is 0 Å². The maximum atomic E-state index is 13.9. The maximum Gasteiger partial charge on any atom is 0.266 e. The first-order valence-electron chi connectivity index (χ1n) is 8.88. The fraction of sp³-hybridized carbons (Fsp3) is 0.300. The lowest BCUT2D eigenvalue weighted by Gasteiger charge is -2.20. The van der Waals surface area contributed by atoms with Gasteiger partial charge in [0, 0.05) is 36.8 Å². The molecule has 2 atom stereocenters. The van der Waals surface area contributed by atoms with Crippen LogP contribution in [0.2, 0.25) is 0 Å². The van der Waals surface area contributed by atoms with Gasteiger partial charge in [-0.3, -0.25) is 4.79 Å². The van der Waals surface area contributed by atoms with Crippen LogP contribution in [0.4, 0.5) is 14.5 Å². The van der Waals surface area contributed by atoms with Gasteiger partial charge in [-0.1, -0.05) is 23.4 Å². The highest BCUT2D eigenvalue weighted by molar-refractivity contribution is 6.04. The molecule has 2 aromatic rings. The third-order valence-electron chi connectivity index (χ3n) is 4.83. The van der Waals surface area contributed by atoms with Gasteiger partial charge in [0.05, 0.1) is 5.71 Å². The molecule has 5 nitrogen and oxygen atoms in total. The third kappa shape index (κ3) is 3.77. The number of amides is 1. The van der Waals surface area contributed by atoms with Crippen LogP contribution < -0.4 is 5.32 Å². The summed E-state index contributed by atoms with van der Waals surface area (Å²) >= 11 is 0. The van der Waals surface area contributed by atoms with Gasteiger partial charge in [0.1, 0.15) is 11.6 Å². The first kappa shape index (κ1) is 17.5. The lowest BCUT2D eigenvalue weighted by atomic mass is 10.0. The predicted molar refractivity (Wildman–Crippen MR) is 97.4 cm³/mol. The van der Waals surface area contributed by atoms with Gasteiger partial charge in [-0.2, -0.15) is 0 Å². The Balaban J connectivity index is 1.35. The number of nitrogens with zero attached hydrogens (tertiary/aromatic N) is 2. The van der Waals surface area contributed by atoms with Crippen molar-refractivity contribution in [3.8, 4) is 0 Å². The molecule has 0 unspecified atom stereocenters. The Morgan fingerprint density at radius 3 is 2.81 bits per heavy atom. The molecular weight excluding hydrogens is 352 g/mol. The van der Waals surface area contributed by atoms with Gasteiger partial charge in [-0.25, -0.2) is 8.78 Å². The number of hydrogen-bond donors (Lipinski definition) is 1. The van der Waals surface area contributed by atoms with Crippen molar-refractivity contribution in [1.82, 2.24) is 4.90 Å². The molecule has 0 bridgehead atoms. The number of para-hydroxylation sites is 1. The number of halogens is 2. The van der Waals surface area contributed by atoms with E-state index < -0.39 is 17.7 Å². The van der Waals surface area contributed by atoms with Crippen molar-refractivity contribution in [2.75, 3.05) is 18.4 Å². The van der Waals surface area contributed by atoms with Gasteiger partial charge in [-0.05, 0) is 36.8 Å². The molecule has 0 aliphatic carbocycles. The molecule has 4 rings (SSSR count). The van der Waals surface area contributed by atoms with Crippen molar-refractivity contribution < 1.29 is 18.4 Å². The minimum atomic E-state index is -0.793. The SMILES string of the molecule is O=C([C@@H]1CC(c2cc(F)ccc2F)=NO1)N1CC[C@@H](Nc2ccccc2)C1. The van der Waals surface area contributed by atoms with E-state index in [4.69, 9.17) is 4.84 Å². The molecule has 1 amide bonds. The molecule has 2 aliphatic heterocycles.